The van der Waals surface area contributed by atoms with E-state index in [0.717, 1.165) is 0 Å². The molecule has 2 aromatic heterocycles. The fourth-order valence-electron chi connectivity index (χ4n) is 2.00. The molecular weight excluding hydrogens is 374 g/mol. The number of rotatable bonds is 4. The quantitative estimate of drug-likeness (QED) is 0.712. The molecule has 0 aliphatic carbocycles. The molecule has 0 aliphatic rings. The molecule has 3 rings (SSSR count). The first-order valence-electron chi connectivity index (χ1n) is 7.01. The number of pyridine rings is 1. The first-order chi connectivity index (χ1) is 11.6. The number of hydrogen-bond acceptors (Lipinski definition) is 4. The highest BCUT2D eigenvalue weighted by atomic mass is 79.9. The van der Waals surface area contributed by atoms with Gasteiger partial charge in [0.1, 0.15) is 5.69 Å². The zero-order chi connectivity index (χ0) is 16.9. The predicted octanol–water partition coefficient (Wildman–Crippen LogP) is 3.94. The Bertz CT molecular complexity index is 878. The molecule has 0 saturated heterocycles. The summed E-state index contributed by atoms with van der Waals surface area (Å²) in [5.41, 5.74) is 1.21. The number of carbonyl (C=O) groups excluding carboxylic acids is 2. The number of hydrogen-bond donors (Lipinski definition) is 2. The van der Waals surface area contributed by atoms with Gasteiger partial charge in [0.05, 0.1) is 11.4 Å². The summed E-state index contributed by atoms with van der Waals surface area (Å²) in [6.45, 7) is 0. The largest absolute Gasteiger partial charge is 0.444 e. The Balaban J connectivity index is 1.78. The molecule has 0 bridgehead atoms. The summed E-state index contributed by atoms with van der Waals surface area (Å²) < 4.78 is 5.68. The van der Waals surface area contributed by atoms with Crippen molar-refractivity contribution in [2.45, 2.75) is 0 Å². The van der Waals surface area contributed by atoms with Gasteiger partial charge in [-0.05, 0) is 52.3 Å². The lowest BCUT2D eigenvalue weighted by molar-refractivity contribution is 0.0991. The first kappa shape index (κ1) is 15.9. The molecule has 1 aromatic carbocycles. The van der Waals surface area contributed by atoms with E-state index in [1.807, 2.05) is 0 Å². The van der Waals surface area contributed by atoms with Crippen molar-refractivity contribution in [3.8, 4) is 0 Å². The normalized spacial score (nSPS) is 10.2. The van der Waals surface area contributed by atoms with Crippen molar-refractivity contribution in [1.29, 1.82) is 0 Å². The van der Waals surface area contributed by atoms with E-state index in [1.54, 1.807) is 54.6 Å². The van der Waals surface area contributed by atoms with E-state index in [-0.39, 0.29) is 17.4 Å². The van der Waals surface area contributed by atoms with Gasteiger partial charge in [0, 0.05) is 6.20 Å². The van der Waals surface area contributed by atoms with E-state index in [4.69, 9.17) is 4.42 Å². The average Bonchev–Trinajstić information content (AvgIpc) is 3.04. The maximum absolute atomic E-state index is 12.2. The molecule has 2 heterocycles. The summed E-state index contributed by atoms with van der Waals surface area (Å²) in [6.07, 6.45) is 1.54. The molecule has 24 heavy (non-hydrogen) atoms. The number of para-hydroxylation sites is 2. The minimum absolute atomic E-state index is 0.160. The summed E-state index contributed by atoms with van der Waals surface area (Å²) in [4.78, 5) is 28.4. The number of halogens is 1. The second kappa shape index (κ2) is 7.10. The van der Waals surface area contributed by atoms with Crippen LogP contribution in [-0.2, 0) is 0 Å². The smallest absolute Gasteiger partial charge is 0.291 e. The highest BCUT2D eigenvalue weighted by Crippen LogP contribution is 2.23. The third kappa shape index (κ3) is 3.69. The monoisotopic (exact) mass is 385 g/mol. The molecule has 7 heteroatoms. The first-order valence-corrected chi connectivity index (χ1v) is 7.81. The van der Waals surface area contributed by atoms with Crippen LogP contribution in [0.1, 0.15) is 21.0 Å². The molecule has 2 amide bonds. The summed E-state index contributed by atoms with van der Waals surface area (Å²) in [6, 6.07) is 15.1. The lowest BCUT2D eigenvalue weighted by Gasteiger charge is -2.11. The van der Waals surface area contributed by atoms with Crippen molar-refractivity contribution in [2.24, 2.45) is 0 Å². The Morgan fingerprint density at radius 2 is 1.54 bits per heavy atom. The van der Waals surface area contributed by atoms with Gasteiger partial charge in [-0.15, -0.1) is 0 Å². The third-order valence-corrected chi connectivity index (χ3v) is 3.54. The van der Waals surface area contributed by atoms with Gasteiger partial charge in [-0.1, -0.05) is 18.2 Å². The number of nitrogens with one attached hydrogen (secondary N) is 2. The van der Waals surface area contributed by atoms with E-state index in [2.05, 4.69) is 31.5 Å². The number of anilines is 2. The fourth-order valence-corrected chi connectivity index (χ4v) is 2.31. The number of nitrogens with zero attached hydrogens (tertiary/aromatic N) is 1. The van der Waals surface area contributed by atoms with Crippen molar-refractivity contribution in [3.05, 3.63) is 76.9 Å². The van der Waals surface area contributed by atoms with Crippen LogP contribution in [0, 0.1) is 0 Å². The van der Waals surface area contributed by atoms with Crippen LogP contribution in [0.3, 0.4) is 0 Å². The Morgan fingerprint density at radius 3 is 2.12 bits per heavy atom. The summed E-state index contributed by atoms with van der Waals surface area (Å²) >= 11 is 3.15. The van der Waals surface area contributed by atoms with Crippen LogP contribution in [0.5, 0.6) is 0 Å². The second-order valence-corrected chi connectivity index (χ2v) is 5.55. The van der Waals surface area contributed by atoms with Gasteiger partial charge in [0.25, 0.3) is 11.8 Å². The van der Waals surface area contributed by atoms with Crippen molar-refractivity contribution >= 4 is 39.1 Å². The number of amides is 2. The standard InChI is InChI=1S/C17H12BrN3O3/c18-15-9-8-14(24-15)17(23)21-12-6-2-1-5-11(12)20-16(22)13-7-3-4-10-19-13/h1-10H,(H,20,22)(H,21,23). The molecule has 0 radical (unpaired) electrons. The molecule has 6 nitrogen and oxygen atoms in total. The molecule has 0 aliphatic heterocycles. The molecular formula is C17H12BrN3O3. The molecule has 0 unspecified atom stereocenters. The fraction of sp³-hybridized carbons (Fsp3) is 0. The minimum Gasteiger partial charge on any atom is -0.444 e. The zero-order valence-corrected chi connectivity index (χ0v) is 13.9. The van der Waals surface area contributed by atoms with Gasteiger partial charge in [-0.3, -0.25) is 14.6 Å². The highest BCUT2D eigenvalue weighted by molar-refractivity contribution is 9.10. The lowest BCUT2D eigenvalue weighted by Crippen LogP contribution is -2.17. The third-order valence-electron chi connectivity index (χ3n) is 3.12. The minimum atomic E-state index is -0.416. The van der Waals surface area contributed by atoms with E-state index in [0.29, 0.717) is 16.0 Å². The van der Waals surface area contributed by atoms with Gasteiger partial charge < -0.3 is 15.1 Å². The molecule has 0 atom stereocenters. The van der Waals surface area contributed by atoms with Gasteiger partial charge in [0.2, 0.25) is 0 Å². The van der Waals surface area contributed by atoms with Crippen molar-refractivity contribution in [3.63, 3.8) is 0 Å². The Hall–Kier alpha value is -2.93. The van der Waals surface area contributed by atoms with E-state index in [1.165, 1.54) is 6.20 Å². The van der Waals surface area contributed by atoms with Crippen LogP contribution in [0.25, 0.3) is 0 Å². The summed E-state index contributed by atoms with van der Waals surface area (Å²) in [7, 11) is 0. The molecule has 0 saturated carbocycles. The SMILES string of the molecule is O=C(Nc1ccccc1NC(=O)c1ccc(Br)o1)c1ccccn1. The molecule has 3 aromatic rings. The topological polar surface area (TPSA) is 84.2 Å². The molecule has 0 fully saturated rings. The molecule has 2 N–H and O–H groups in total. The van der Waals surface area contributed by atoms with Crippen LogP contribution in [0.15, 0.2) is 69.9 Å². The number of carbonyl (C=O) groups is 2. The van der Waals surface area contributed by atoms with Crippen LogP contribution in [0.4, 0.5) is 11.4 Å². The van der Waals surface area contributed by atoms with Crippen molar-refractivity contribution < 1.29 is 14.0 Å². The van der Waals surface area contributed by atoms with E-state index < -0.39 is 5.91 Å². The van der Waals surface area contributed by atoms with Gasteiger partial charge in [-0.2, -0.15) is 0 Å². The number of furan rings is 1. The Morgan fingerprint density at radius 1 is 0.875 bits per heavy atom. The van der Waals surface area contributed by atoms with E-state index >= 15 is 0 Å². The average molecular weight is 386 g/mol. The second-order valence-electron chi connectivity index (χ2n) is 4.77. The van der Waals surface area contributed by atoms with Gasteiger partial charge in [-0.25, -0.2) is 0 Å². The van der Waals surface area contributed by atoms with Crippen molar-refractivity contribution in [2.75, 3.05) is 10.6 Å². The lowest BCUT2D eigenvalue weighted by atomic mass is 10.2. The Kier molecular flexibility index (Phi) is 4.72. The van der Waals surface area contributed by atoms with Crippen molar-refractivity contribution in [1.82, 2.24) is 4.98 Å². The predicted molar refractivity (Wildman–Crippen MR) is 93.0 cm³/mol. The van der Waals surface area contributed by atoms with Crippen LogP contribution in [0.2, 0.25) is 0 Å². The maximum atomic E-state index is 12.2. The zero-order valence-electron chi connectivity index (χ0n) is 12.3. The maximum Gasteiger partial charge on any atom is 0.291 e. The van der Waals surface area contributed by atoms with Crippen LogP contribution >= 0.6 is 15.9 Å². The Labute approximate surface area is 146 Å². The van der Waals surface area contributed by atoms with Crippen LogP contribution < -0.4 is 10.6 Å². The van der Waals surface area contributed by atoms with Gasteiger partial charge >= 0.3 is 0 Å². The summed E-state index contributed by atoms with van der Waals surface area (Å²) in [5.74, 6) is -0.619. The highest BCUT2D eigenvalue weighted by Gasteiger charge is 2.14. The molecule has 120 valence electrons. The molecule has 0 spiro atoms. The summed E-state index contributed by atoms with van der Waals surface area (Å²) in [5, 5.41) is 5.44. The number of benzene rings is 1. The van der Waals surface area contributed by atoms with Gasteiger partial charge in [0.15, 0.2) is 10.4 Å². The number of aromatic nitrogens is 1. The van der Waals surface area contributed by atoms with Crippen LogP contribution in [-0.4, -0.2) is 16.8 Å². The van der Waals surface area contributed by atoms with E-state index in [9.17, 15) is 9.59 Å².